The number of carbonyl (C=O) groups is 3. The van der Waals surface area contributed by atoms with E-state index in [2.05, 4.69) is 20.8 Å². The second kappa shape index (κ2) is 8.69. The Morgan fingerprint density at radius 2 is 2.10 bits per heavy atom. The highest BCUT2D eigenvalue weighted by molar-refractivity contribution is 8.01. The summed E-state index contributed by atoms with van der Waals surface area (Å²) in [6.45, 7) is 0. The molecule has 2 aliphatic heterocycles. The molecule has 3 heterocycles. The topological polar surface area (TPSA) is 151 Å². The van der Waals surface area contributed by atoms with E-state index < -0.39 is 35.3 Å². The third-order valence-corrected chi connectivity index (χ3v) is 7.30. The van der Waals surface area contributed by atoms with E-state index in [0.29, 0.717) is 27.8 Å². The zero-order valence-corrected chi connectivity index (χ0v) is 17.8. The predicted octanol–water partition coefficient (Wildman–Crippen LogP) is -0.226. The summed E-state index contributed by atoms with van der Waals surface area (Å²) >= 11 is 2.64. The van der Waals surface area contributed by atoms with Crippen LogP contribution in [0.3, 0.4) is 0 Å². The van der Waals surface area contributed by atoms with Gasteiger partial charge in [-0.1, -0.05) is 42.1 Å². The van der Waals surface area contributed by atoms with Crippen LogP contribution in [-0.2, 0) is 21.4 Å². The van der Waals surface area contributed by atoms with Crippen LogP contribution in [0.4, 0.5) is 0 Å². The maximum atomic E-state index is 12.7. The number of carboxylic acid groups (broad SMARTS) is 1. The van der Waals surface area contributed by atoms with Crippen LogP contribution >= 0.6 is 23.5 Å². The maximum absolute atomic E-state index is 12.7. The van der Waals surface area contributed by atoms with E-state index in [1.807, 2.05) is 0 Å². The lowest BCUT2D eigenvalue weighted by Crippen LogP contribution is -2.70. The summed E-state index contributed by atoms with van der Waals surface area (Å²) in [5.41, 5.74) is 0.901. The third kappa shape index (κ3) is 4.03. The molecular formula is C18H18N6O5S2. The number of fused-ring (bicyclic) bond motifs is 1. The largest absolute Gasteiger partial charge is 0.477 e. The van der Waals surface area contributed by atoms with Gasteiger partial charge in [0.05, 0.1) is 0 Å². The fourth-order valence-corrected chi connectivity index (χ4v) is 5.64. The highest BCUT2D eigenvalue weighted by Gasteiger charge is 2.54. The first-order valence-electron chi connectivity index (χ1n) is 9.17. The molecule has 3 atom stereocenters. The van der Waals surface area contributed by atoms with Crippen molar-refractivity contribution in [3.8, 4) is 0 Å². The number of amides is 2. The van der Waals surface area contributed by atoms with Crippen LogP contribution < -0.4 is 5.32 Å². The number of benzene rings is 1. The van der Waals surface area contributed by atoms with Gasteiger partial charge >= 0.3 is 5.97 Å². The first-order chi connectivity index (χ1) is 14.9. The summed E-state index contributed by atoms with van der Waals surface area (Å²) in [6.07, 6.45) is -1.42. The second-order valence-corrected chi connectivity index (χ2v) is 8.89. The summed E-state index contributed by atoms with van der Waals surface area (Å²) in [7, 11) is 1.68. The first kappa shape index (κ1) is 21.3. The van der Waals surface area contributed by atoms with Crippen LogP contribution in [-0.4, -0.2) is 76.0 Å². The first-order valence-corrected chi connectivity index (χ1v) is 11.2. The Hall–Kier alpha value is -2.90. The molecule has 4 rings (SSSR count). The number of rotatable bonds is 7. The van der Waals surface area contributed by atoms with Crippen molar-refractivity contribution in [2.45, 2.75) is 22.7 Å². The van der Waals surface area contributed by atoms with Crippen LogP contribution in [0.5, 0.6) is 0 Å². The molecule has 1 fully saturated rings. The van der Waals surface area contributed by atoms with Gasteiger partial charge in [0.25, 0.3) is 11.8 Å². The molecule has 1 aromatic carbocycles. The Morgan fingerprint density at radius 1 is 1.35 bits per heavy atom. The van der Waals surface area contributed by atoms with Crippen molar-refractivity contribution < 1.29 is 24.6 Å². The Bertz CT molecular complexity index is 1060. The molecule has 0 aliphatic carbocycles. The Balaban J connectivity index is 1.46. The number of aliphatic hydroxyl groups excluding tert-OH is 1. The third-order valence-electron chi connectivity index (χ3n) is 4.87. The van der Waals surface area contributed by atoms with E-state index in [1.165, 1.54) is 33.1 Å². The number of nitrogens with one attached hydrogen (secondary N) is 1. The van der Waals surface area contributed by atoms with E-state index in [0.717, 1.165) is 0 Å². The average molecular weight is 463 g/mol. The molecule has 2 aromatic rings. The summed E-state index contributed by atoms with van der Waals surface area (Å²) < 4.78 is 1.48. The van der Waals surface area contributed by atoms with Gasteiger partial charge in [0.15, 0.2) is 6.10 Å². The van der Waals surface area contributed by atoms with Gasteiger partial charge in [-0.05, 0) is 21.6 Å². The SMILES string of the molecule is Cn1nnnc1SCC1=C(C(=O)O)N2C(=O)[C@@H](NC(=O)[C@H](O)c3ccccc3)[C@@H]2SC1. The van der Waals surface area contributed by atoms with E-state index in [1.54, 1.807) is 37.4 Å². The molecular weight excluding hydrogens is 444 g/mol. The fourth-order valence-electron chi connectivity index (χ4n) is 3.31. The van der Waals surface area contributed by atoms with Crippen LogP contribution in [0.15, 0.2) is 46.8 Å². The smallest absolute Gasteiger partial charge is 0.352 e. The van der Waals surface area contributed by atoms with E-state index in [4.69, 9.17) is 0 Å². The molecule has 1 aromatic heterocycles. The second-order valence-electron chi connectivity index (χ2n) is 6.84. The minimum absolute atomic E-state index is 0.0783. The number of carboxylic acids is 1. The summed E-state index contributed by atoms with van der Waals surface area (Å²) in [5.74, 6) is -1.75. The zero-order chi connectivity index (χ0) is 22.1. The molecule has 3 N–H and O–H groups in total. The molecule has 0 radical (unpaired) electrons. The minimum atomic E-state index is -1.42. The Morgan fingerprint density at radius 3 is 2.74 bits per heavy atom. The molecule has 0 saturated carbocycles. The standard InChI is InChI=1S/C18H18N6O5S2/c1-23-18(20-21-22-23)31-8-10-7-30-16-11(15(27)24(16)12(10)17(28)29)19-14(26)13(25)9-5-3-2-4-6-9/h2-6,11,13,16,25H,7-8H2,1H3,(H,19,26)(H,28,29)/t11-,13-,16+/m1/s1. The lowest BCUT2D eigenvalue weighted by molar-refractivity contribution is -0.151. The van der Waals surface area contributed by atoms with Gasteiger partial charge in [-0.3, -0.25) is 14.5 Å². The van der Waals surface area contributed by atoms with Crippen LogP contribution in [0, 0.1) is 0 Å². The van der Waals surface area contributed by atoms with Gasteiger partial charge in [-0.15, -0.1) is 16.9 Å². The lowest BCUT2D eigenvalue weighted by atomic mass is 10.0. The van der Waals surface area contributed by atoms with Crippen molar-refractivity contribution in [3.63, 3.8) is 0 Å². The highest BCUT2D eigenvalue weighted by Crippen LogP contribution is 2.41. The number of tetrazole rings is 1. The summed E-state index contributed by atoms with van der Waals surface area (Å²) in [5, 5.41) is 33.6. The number of hydrogen-bond donors (Lipinski definition) is 3. The molecule has 13 heteroatoms. The molecule has 162 valence electrons. The van der Waals surface area contributed by atoms with Gasteiger partial charge in [-0.25, -0.2) is 9.48 Å². The number of aliphatic carboxylic acids is 1. The van der Waals surface area contributed by atoms with Gasteiger partial charge in [0.2, 0.25) is 5.16 Å². The van der Waals surface area contributed by atoms with Crippen LogP contribution in [0.2, 0.25) is 0 Å². The van der Waals surface area contributed by atoms with Crippen molar-refractivity contribution >= 4 is 41.3 Å². The zero-order valence-electron chi connectivity index (χ0n) is 16.2. The van der Waals surface area contributed by atoms with Crippen molar-refractivity contribution in [1.29, 1.82) is 0 Å². The van der Waals surface area contributed by atoms with E-state index in [9.17, 15) is 24.6 Å². The molecule has 31 heavy (non-hydrogen) atoms. The molecule has 2 amide bonds. The quantitative estimate of drug-likeness (QED) is 0.372. The Kier molecular flexibility index (Phi) is 5.98. The monoisotopic (exact) mass is 462 g/mol. The predicted molar refractivity (Wildman–Crippen MR) is 111 cm³/mol. The molecule has 2 aliphatic rings. The van der Waals surface area contributed by atoms with Crippen LogP contribution in [0.25, 0.3) is 0 Å². The van der Waals surface area contributed by atoms with E-state index in [-0.39, 0.29) is 5.70 Å². The number of aryl methyl sites for hydroxylation is 1. The molecule has 11 nitrogen and oxygen atoms in total. The van der Waals surface area contributed by atoms with Crippen molar-refractivity contribution in [2.24, 2.45) is 7.05 Å². The molecule has 1 saturated heterocycles. The Labute approximate surface area is 184 Å². The minimum Gasteiger partial charge on any atom is -0.477 e. The van der Waals surface area contributed by atoms with Crippen molar-refractivity contribution in [1.82, 2.24) is 30.4 Å². The molecule has 0 unspecified atom stereocenters. The van der Waals surface area contributed by atoms with Gasteiger partial charge < -0.3 is 15.5 Å². The number of nitrogens with zero attached hydrogens (tertiary/aromatic N) is 5. The molecule has 0 spiro atoms. The summed E-state index contributed by atoms with van der Waals surface area (Å²) in [6, 6.07) is 7.46. The van der Waals surface area contributed by atoms with Crippen molar-refractivity contribution in [3.05, 3.63) is 47.2 Å². The van der Waals surface area contributed by atoms with E-state index >= 15 is 0 Å². The number of aliphatic hydroxyl groups is 1. The van der Waals surface area contributed by atoms with Gasteiger partial charge in [0.1, 0.15) is 17.1 Å². The number of hydrogen-bond acceptors (Lipinski definition) is 9. The number of thioether (sulfide) groups is 2. The lowest BCUT2D eigenvalue weighted by Gasteiger charge is -2.49. The van der Waals surface area contributed by atoms with Crippen LogP contribution in [0.1, 0.15) is 11.7 Å². The van der Waals surface area contributed by atoms with Crippen molar-refractivity contribution in [2.75, 3.05) is 11.5 Å². The summed E-state index contributed by atoms with van der Waals surface area (Å²) in [4.78, 5) is 38.2. The number of β-lactam (4-membered cyclic amide) rings is 1. The average Bonchev–Trinajstić information content (AvgIpc) is 3.19. The fraction of sp³-hybridized carbons (Fsp3) is 0.333. The van der Waals surface area contributed by atoms with Gasteiger partial charge in [0, 0.05) is 18.6 Å². The number of aromatic nitrogens is 4. The molecule has 0 bridgehead atoms. The number of carbonyl (C=O) groups excluding carboxylic acids is 2. The maximum Gasteiger partial charge on any atom is 0.352 e. The van der Waals surface area contributed by atoms with Gasteiger partial charge in [-0.2, -0.15) is 0 Å². The normalized spacial score (nSPS) is 21.4. The highest BCUT2D eigenvalue weighted by atomic mass is 32.2.